The van der Waals surface area contributed by atoms with Crippen molar-refractivity contribution in [2.24, 2.45) is 10.9 Å². The van der Waals surface area contributed by atoms with Crippen LogP contribution in [0.1, 0.15) is 68.8 Å². The lowest BCUT2D eigenvalue weighted by Crippen LogP contribution is -2.49. The smallest absolute Gasteiger partial charge is 0.407 e. The van der Waals surface area contributed by atoms with E-state index in [0.29, 0.717) is 45.4 Å². The van der Waals surface area contributed by atoms with E-state index in [1.807, 2.05) is 60.2 Å². The maximum atomic E-state index is 13.8. The molecule has 6 rings (SSSR count). The summed E-state index contributed by atoms with van der Waals surface area (Å²) < 4.78 is 9.72. The van der Waals surface area contributed by atoms with E-state index in [0.717, 1.165) is 70.7 Å². The van der Waals surface area contributed by atoms with E-state index in [4.69, 9.17) is 19.5 Å². The number of likely N-dealkylation sites (tertiary alicyclic amines) is 2. The number of ether oxygens (including phenoxy) is 2. The van der Waals surface area contributed by atoms with E-state index in [2.05, 4.69) is 58.8 Å². The van der Waals surface area contributed by atoms with Crippen LogP contribution >= 0.6 is 0 Å². The number of allylic oxidation sites excluding steroid dienone is 1. The van der Waals surface area contributed by atoms with Crippen molar-refractivity contribution < 1.29 is 28.7 Å². The summed E-state index contributed by atoms with van der Waals surface area (Å²) in [5.41, 5.74) is 7.24. The lowest BCUT2D eigenvalue weighted by Gasteiger charge is -2.29. The number of aliphatic imine (C=N–C) groups is 1. The van der Waals surface area contributed by atoms with E-state index < -0.39 is 18.1 Å². The van der Waals surface area contributed by atoms with Crippen LogP contribution in [-0.2, 0) is 23.9 Å². The molecule has 3 amide bonds. The Labute approximate surface area is 341 Å². The molecule has 0 aliphatic carbocycles. The van der Waals surface area contributed by atoms with Gasteiger partial charge in [0.2, 0.25) is 11.8 Å². The molecule has 14 nitrogen and oxygen atoms in total. The van der Waals surface area contributed by atoms with E-state index in [1.165, 1.54) is 14.2 Å². The van der Waals surface area contributed by atoms with Crippen molar-refractivity contribution in [3.63, 3.8) is 0 Å². The predicted molar refractivity (Wildman–Crippen MR) is 224 cm³/mol. The number of hydrogen-bond acceptors (Lipinski definition) is 10. The van der Waals surface area contributed by atoms with E-state index in [9.17, 15) is 19.2 Å². The molecule has 0 unspecified atom stereocenters. The van der Waals surface area contributed by atoms with Gasteiger partial charge in [0, 0.05) is 37.3 Å². The molecule has 2 N–H and O–H groups in total. The molecule has 2 saturated heterocycles. The number of amides is 3. The topological polar surface area (TPSA) is 153 Å². The third-order valence-electron chi connectivity index (χ3n) is 11.5. The number of methoxy groups -OCH3 is 2. The quantitative estimate of drug-likeness (QED) is 0.182. The molecule has 14 heteroatoms. The Hall–Kier alpha value is -5.34. The maximum absolute atomic E-state index is 13.8. The van der Waals surface area contributed by atoms with Gasteiger partial charge in [-0.2, -0.15) is 0 Å². The molecule has 2 fully saturated rings. The van der Waals surface area contributed by atoms with Gasteiger partial charge >= 0.3 is 12.1 Å². The largest absolute Gasteiger partial charge is 0.469 e. The standard InChI is InChI=1S/C44H58N8O6/c1-49(2)23-19-33(26-40(53)57-5)42(54)51-21-7-9-38(51)36-25-34(27-45-36)31-13-11-29(12-14-31)30-15-17-32(18-16-30)37-28-46-41(47-37)39-10-8-22-52(39)43(55)35(20-24-50(3)4)48-44(56)58-6/h11-18,27-28,33,35,38-39H,7-10,19-26H2,1-6H3,(H,46,47)(H,48,56)/t33-,35+,38+,39+/m1/s1. The molecule has 4 heterocycles. The third kappa shape index (κ3) is 10.2. The van der Waals surface area contributed by atoms with Crippen molar-refractivity contribution >= 4 is 35.2 Å². The highest BCUT2D eigenvalue weighted by atomic mass is 16.5. The summed E-state index contributed by atoms with van der Waals surface area (Å²) in [7, 11) is 10.5. The molecule has 0 bridgehead atoms. The average Bonchev–Trinajstić information content (AvgIpc) is 4.07. The highest BCUT2D eigenvalue weighted by Gasteiger charge is 2.38. The van der Waals surface area contributed by atoms with Crippen LogP contribution in [0.3, 0.4) is 0 Å². The third-order valence-corrected chi connectivity index (χ3v) is 11.5. The number of rotatable bonds is 16. The van der Waals surface area contributed by atoms with Crippen LogP contribution in [0.4, 0.5) is 4.79 Å². The summed E-state index contributed by atoms with van der Waals surface area (Å²) in [6.45, 7) is 2.62. The normalized spacial score (nSPS) is 19.0. The van der Waals surface area contributed by atoms with Gasteiger partial charge in [0.25, 0.3) is 0 Å². The van der Waals surface area contributed by atoms with Gasteiger partial charge in [0.05, 0.1) is 44.6 Å². The van der Waals surface area contributed by atoms with Crippen molar-refractivity contribution in [1.82, 2.24) is 34.9 Å². The molecular weight excluding hydrogens is 737 g/mol. The van der Waals surface area contributed by atoms with Gasteiger partial charge in [-0.25, -0.2) is 9.78 Å². The number of benzene rings is 2. The second-order valence-corrected chi connectivity index (χ2v) is 16.0. The summed E-state index contributed by atoms with van der Waals surface area (Å²) in [5, 5.41) is 2.73. The molecule has 58 heavy (non-hydrogen) atoms. The molecule has 3 aromatic rings. The van der Waals surface area contributed by atoms with Gasteiger partial charge in [-0.05, 0) is 108 Å². The molecule has 3 aliphatic rings. The van der Waals surface area contributed by atoms with E-state index in [1.54, 1.807) is 0 Å². The van der Waals surface area contributed by atoms with Crippen LogP contribution in [0.25, 0.3) is 28.0 Å². The minimum Gasteiger partial charge on any atom is -0.469 e. The number of carbonyl (C=O) groups is 4. The van der Waals surface area contributed by atoms with Crippen molar-refractivity contribution in [2.75, 3.05) is 68.6 Å². The van der Waals surface area contributed by atoms with Crippen LogP contribution in [-0.4, -0.2) is 140 Å². The molecule has 0 radical (unpaired) electrons. The summed E-state index contributed by atoms with van der Waals surface area (Å²) >= 11 is 0. The fourth-order valence-corrected chi connectivity index (χ4v) is 8.18. The fraction of sp³-hybridized carbons (Fsp3) is 0.500. The average molecular weight is 795 g/mol. The highest BCUT2D eigenvalue weighted by Crippen LogP contribution is 2.35. The summed E-state index contributed by atoms with van der Waals surface area (Å²) in [6.07, 6.45) is 8.37. The highest BCUT2D eigenvalue weighted by molar-refractivity contribution is 6.03. The lowest BCUT2D eigenvalue weighted by atomic mass is 9.95. The first-order valence-electron chi connectivity index (χ1n) is 20.3. The number of esters is 1. The Kier molecular flexibility index (Phi) is 14.1. The number of aromatic nitrogens is 2. The van der Waals surface area contributed by atoms with Crippen LogP contribution in [0.2, 0.25) is 0 Å². The first-order valence-corrected chi connectivity index (χ1v) is 20.3. The Morgan fingerprint density at radius 1 is 0.793 bits per heavy atom. The van der Waals surface area contributed by atoms with Crippen LogP contribution < -0.4 is 5.32 Å². The van der Waals surface area contributed by atoms with Gasteiger partial charge in [-0.1, -0.05) is 48.5 Å². The molecular formula is C44H58N8O6. The second-order valence-electron chi connectivity index (χ2n) is 16.0. The Morgan fingerprint density at radius 3 is 2.00 bits per heavy atom. The number of alkyl carbamates (subject to hydrolysis) is 1. The van der Waals surface area contributed by atoms with Gasteiger partial charge in [0.15, 0.2) is 0 Å². The zero-order valence-corrected chi connectivity index (χ0v) is 34.7. The maximum Gasteiger partial charge on any atom is 0.407 e. The van der Waals surface area contributed by atoms with Gasteiger partial charge in [-0.3, -0.25) is 19.4 Å². The first kappa shape index (κ1) is 42.3. The molecule has 310 valence electrons. The number of aromatic amines is 1. The monoisotopic (exact) mass is 794 g/mol. The van der Waals surface area contributed by atoms with Gasteiger partial charge < -0.3 is 39.4 Å². The zero-order chi connectivity index (χ0) is 41.3. The minimum absolute atomic E-state index is 0.0115. The number of nitrogens with one attached hydrogen (secondary N) is 2. The molecule has 1 aromatic heterocycles. The molecule has 0 saturated carbocycles. The van der Waals surface area contributed by atoms with Crippen LogP contribution in [0.15, 0.2) is 65.9 Å². The second kappa shape index (κ2) is 19.4. The number of H-pyrrole nitrogens is 1. The number of imidazole rings is 1. The molecule has 0 spiro atoms. The van der Waals surface area contributed by atoms with Gasteiger partial charge in [-0.15, -0.1) is 0 Å². The number of hydrogen-bond donors (Lipinski definition) is 2. The number of nitrogens with zero attached hydrogens (tertiary/aromatic N) is 6. The number of carbonyl (C=O) groups excluding carboxylic acids is 4. The zero-order valence-electron chi connectivity index (χ0n) is 34.7. The van der Waals surface area contributed by atoms with E-state index >= 15 is 0 Å². The minimum atomic E-state index is -0.690. The fourth-order valence-electron chi connectivity index (χ4n) is 8.18. The summed E-state index contributed by atoms with van der Waals surface area (Å²) in [4.78, 5) is 72.5. The summed E-state index contributed by atoms with van der Waals surface area (Å²) in [5.74, 6) is -0.170. The van der Waals surface area contributed by atoms with Gasteiger partial charge in [0.1, 0.15) is 11.9 Å². The Morgan fingerprint density at radius 2 is 1.38 bits per heavy atom. The Balaban J connectivity index is 1.06. The molecule has 2 aromatic carbocycles. The van der Waals surface area contributed by atoms with Crippen LogP contribution in [0, 0.1) is 5.92 Å². The van der Waals surface area contributed by atoms with Crippen LogP contribution in [0.5, 0.6) is 0 Å². The molecule has 3 aliphatic heterocycles. The summed E-state index contributed by atoms with van der Waals surface area (Å²) in [6, 6.07) is 15.9. The van der Waals surface area contributed by atoms with Crippen molar-refractivity contribution in [3.8, 4) is 22.4 Å². The van der Waals surface area contributed by atoms with Crippen molar-refractivity contribution in [2.45, 2.75) is 69.5 Å². The van der Waals surface area contributed by atoms with E-state index in [-0.39, 0.29) is 36.3 Å². The van der Waals surface area contributed by atoms with Crippen molar-refractivity contribution in [3.05, 3.63) is 72.3 Å². The van der Waals surface area contributed by atoms with Crippen molar-refractivity contribution in [1.29, 1.82) is 0 Å². The lowest BCUT2D eigenvalue weighted by molar-refractivity contribution is -0.147. The predicted octanol–water partition coefficient (Wildman–Crippen LogP) is 5.39. The first-order chi connectivity index (χ1) is 27.9. The molecule has 4 atom stereocenters. The Bertz CT molecular complexity index is 1970. The SMILES string of the molecule is COC(=O)C[C@@H](CCN(C)C)C(=O)N1CCC[C@H]1C1=NC=C(c2ccc(-c3ccc(-c4cnc([C@@H]5CCCN5C(=O)[C@H](CCN(C)C)NC(=O)OC)[nH]4)cc3)cc2)C1.